The van der Waals surface area contributed by atoms with Crippen molar-refractivity contribution in [1.29, 1.82) is 0 Å². The van der Waals surface area contributed by atoms with E-state index < -0.39 is 0 Å². The lowest BCUT2D eigenvalue weighted by atomic mass is 9.94. The van der Waals surface area contributed by atoms with Crippen molar-refractivity contribution in [2.24, 2.45) is 0 Å². The van der Waals surface area contributed by atoms with Gasteiger partial charge in [-0.15, -0.1) is 0 Å². The van der Waals surface area contributed by atoms with E-state index in [1.165, 1.54) is 0 Å². The lowest BCUT2D eigenvalue weighted by Gasteiger charge is -2.14. The van der Waals surface area contributed by atoms with Gasteiger partial charge >= 0.3 is 0 Å². The molecular formula is C30H30O4. The quantitative estimate of drug-likeness (QED) is 0.270. The van der Waals surface area contributed by atoms with Crippen LogP contribution < -0.4 is 0 Å². The van der Waals surface area contributed by atoms with E-state index in [-0.39, 0.29) is 23.0 Å². The predicted molar refractivity (Wildman–Crippen MR) is 135 cm³/mol. The SMILES string of the molecule is CCc1cccc(Cc2cccc(Cc3cccc(Cc4cccc(C)c4O)c3O)c2O)c1O. The monoisotopic (exact) mass is 454 g/mol. The van der Waals surface area contributed by atoms with E-state index in [4.69, 9.17) is 0 Å². The first kappa shape index (κ1) is 23.2. The van der Waals surface area contributed by atoms with E-state index >= 15 is 0 Å². The number of aromatic hydroxyl groups is 4. The van der Waals surface area contributed by atoms with Gasteiger partial charge in [-0.3, -0.25) is 0 Å². The number of hydrogen-bond donors (Lipinski definition) is 4. The van der Waals surface area contributed by atoms with Gasteiger partial charge in [-0.25, -0.2) is 0 Å². The lowest BCUT2D eigenvalue weighted by Crippen LogP contribution is -1.98. The van der Waals surface area contributed by atoms with Crippen LogP contribution in [0.15, 0.2) is 72.8 Å². The van der Waals surface area contributed by atoms with Gasteiger partial charge in [-0.2, -0.15) is 0 Å². The van der Waals surface area contributed by atoms with E-state index in [0.717, 1.165) is 39.8 Å². The van der Waals surface area contributed by atoms with Crippen LogP contribution in [0, 0.1) is 6.92 Å². The van der Waals surface area contributed by atoms with Gasteiger partial charge in [0.25, 0.3) is 0 Å². The molecule has 0 bridgehead atoms. The Morgan fingerprint density at radius 3 is 1.12 bits per heavy atom. The van der Waals surface area contributed by atoms with Crippen LogP contribution in [0.1, 0.15) is 51.4 Å². The Labute approximate surface area is 200 Å². The zero-order valence-corrected chi connectivity index (χ0v) is 19.5. The second-order valence-corrected chi connectivity index (χ2v) is 8.74. The first-order valence-corrected chi connectivity index (χ1v) is 11.6. The van der Waals surface area contributed by atoms with Crippen LogP contribution in [0.25, 0.3) is 0 Å². The normalized spacial score (nSPS) is 11.0. The molecule has 0 radical (unpaired) electrons. The molecule has 4 rings (SSSR count). The van der Waals surface area contributed by atoms with E-state index in [1.807, 2.05) is 86.6 Å². The van der Waals surface area contributed by atoms with Gasteiger partial charge < -0.3 is 20.4 Å². The molecule has 0 amide bonds. The molecule has 0 heterocycles. The molecule has 0 unspecified atom stereocenters. The average Bonchev–Trinajstić information content (AvgIpc) is 2.83. The molecule has 174 valence electrons. The number of benzene rings is 4. The van der Waals surface area contributed by atoms with E-state index in [0.29, 0.717) is 30.4 Å². The third-order valence-corrected chi connectivity index (χ3v) is 6.45. The molecule has 4 aromatic rings. The highest BCUT2D eigenvalue weighted by atomic mass is 16.3. The largest absolute Gasteiger partial charge is 0.507 e. The first-order chi connectivity index (χ1) is 16.4. The van der Waals surface area contributed by atoms with E-state index in [1.54, 1.807) is 0 Å². The van der Waals surface area contributed by atoms with Crippen LogP contribution in [-0.4, -0.2) is 20.4 Å². The Hall–Kier alpha value is -3.92. The second-order valence-electron chi connectivity index (χ2n) is 8.74. The second kappa shape index (κ2) is 9.92. The van der Waals surface area contributed by atoms with Crippen molar-refractivity contribution < 1.29 is 20.4 Å². The number of phenols is 4. The minimum atomic E-state index is 0.168. The van der Waals surface area contributed by atoms with Crippen LogP contribution in [0.2, 0.25) is 0 Å². The molecule has 0 spiro atoms. The molecule has 4 aromatic carbocycles. The average molecular weight is 455 g/mol. The number of phenolic OH excluding ortho intramolecular Hbond substituents is 4. The molecule has 0 aliphatic heterocycles. The van der Waals surface area contributed by atoms with E-state index in [9.17, 15) is 20.4 Å². The van der Waals surface area contributed by atoms with Crippen LogP contribution in [-0.2, 0) is 25.7 Å². The fraction of sp³-hybridized carbons (Fsp3) is 0.200. The number of hydrogen-bond acceptors (Lipinski definition) is 4. The maximum absolute atomic E-state index is 11.0. The van der Waals surface area contributed by atoms with Crippen molar-refractivity contribution in [1.82, 2.24) is 0 Å². The molecule has 34 heavy (non-hydrogen) atoms. The minimum absolute atomic E-state index is 0.168. The highest BCUT2D eigenvalue weighted by Crippen LogP contribution is 2.34. The van der Waals surface area contributed by atoms with Crippen molar-refractivity contribution in [3.05, 3.63) is 117 Å². The summed E-state index contributed by atoms with van der Waals surface area (Å²) < 4.78 is 0. The molecule has 0 saturated heterocycles. The molecule has 0 aromatic heterocycles. The fourth-order valence-electron chi connectivity index (χ4n) is 4.41. The van der Waals surface area contributed by atoms with Crippen LogP contribution >= 0.6 is 0 Å². The maximum atomic E-state index is 11.0. The molecule has 4 N–H and O–H groups in total. The fourth-order valence-corrected chi connectivity index (χ4v) is 4.41. The predicted octanol–water partition coefficient (Wildman–Crippen LogP) is 6.15. The van der Waals surface area contributed by atoms with Gasteiger partial charge in [-0.1, -0.05) is 79.7 Å². The summed E-state index contributed by atoms with van der Waals surface area (Å²) in [4.78, 5) is 0. The molecule has 0 fully saturated rings. The number of rotatable bonds is 7. The highest BCUT2D eigenvalue weighted by Gasteiger charge is 2.15. The van der Waals surface area contributed by atoms with Gasteiger partial charge in [0.15, 0.2) is 0 Å². The van der Waals surface area contributed by atoms with Crippen LogP contribution in [0.5, 0.6) is 23.0 Å². The highest BCUT2D eigenvalue weighted by molar-refractivity contribution is 5.52. The zero-order chi connectivity index (χ0) is 24.2. The number of aryl methyl sites for hydroxylation is 2. The molecular weight excluding hydrogens is 424 g/mol. The van der Waals surface area contributed by atoms with Crippen molar-refractivity contribution in [3.63, 3.8) is 0 Å². The summed E-state index contributed by atoms with van der Waals surface area (Å²) in [7, 11) is 0. The van der Waals surface area contributed by atoms with Gasteiger partial charge in [0.1, 0.15) is 23.0 Å². The molecule has 0 atom stereocenters. The number of para-hydroxylation sites is 4. The molecule has 0 saturated carbocycles. The summed E-state index contributed by atoms with van der Waals surface area (Å²) in [5.41, 5.74) is 6.06. The Morgan fingerprint density at radius 2 is 0.735 bits per heavy atom. The Bertz CT molecular complexity index is 1320. The first-order valence-electron chi connectivity index (χ1n) is 11.6. The van der Waals surface area contributed by atoms with Crippen LogP contribution in [0.4, 0.5) is 0 Å². The standard InChI is InChI=1S/C30H30O4/c1-3-20-9-5-11-22(28(20)32)17-24-13-7-15-26(30(24)34)18-25-14-6-12-23(29(25)33)16-21-10-4-8-19(2)27(21)31/h4-15,31-34H,3,16-18H2,1-2H3. The smallest absolute Gasteiger partial charge is 0.122 e. The van der Waals surface area contributed by atoms with Gasteiger partial charge in [0.2, 0.25) is 0 Å². The summed E-state index contributed by atoms with van der Waals surface area (Å²) in [5.74, 6) is 0.860. The van der Waals surface area contributed by atoms with Crippen LogP contribution in [0.3, 0.4) is 0 Å². The Kier molecular flexibility index (Phi) is 6.78. The van der Waals surface area contributed by atoms with Crippen molar-refractivity contribution >= 4 is 0 Å². The molecule has 0 aliphatic carbocycles. The minimum Gasteiger partial charge on any atom is -0.507 e. The van der Waals surface area contributed by atoms with Gasteiger partial charge in [0, 0.05) is 19.3 Å². The zero-order valence-electron chi connectivity index (χ0n) is 19.5. The third kappa shape index (κ3) is 4.72. The molecule has 4 nitrogen and oxygen atoms in total. The summed E-state index contributed by atoms with van der Waals surface area (Å²) in [6, 6.07) is 22.5. The topological polar surface area (TPSA) is 80.9 Å². The molecule has 4 heteroatoms. The van der Waals surface area contributed by atoms with E-state index in [2.05, 4.69) is 0 Å². The Morgan fingerprint density at radius 1 is 0.441 bits per heavy atom. The van der Waals surface area contributed by atoms with Gasteiger partial charge in [0.05, 0.1) is 0 Å². The summed E-state index contributed by atoms with van der Waals surface area (Å²) in [6.07, 6.45) is 1.92. The summed E-state index contributed by atoms with van der Waals surface area (Å²) in [6.45, 7) is 3.85. The van der Waals surface area contributed by atoms with Crippen molar-refractivity contribution in [2.45, 2.75) is 39.5 Å². The molecule has 0 aliphatic rings. The van der Waals surface area contributed by atoms with Crippen molar-refractivity contribution in [2.75, 3.05) is 0 Å². The Balaban J connectivity index is 1.60. The van der Waals surface area contributed by atoms with Gasteiger partial charge in [-0.05, 0) is 57.9 Å². The summed E-state index contributed by atoms with van der Waals surface area (Å²) in [5, 5.41) is 42.9. The lowest BCUT2D eigenvalue weighted by molar-refractivity contribution is 0.453. The maximum Gasteiger partial charge on any atom is 0.122 e. The third-order valence-electron chi connectivity index (χ3n) is 6.45. The summed E-state index contributed by atoms with van der Waals surface area (Å²) >= 11 is 0. The van der Waals surface area contributed by atoms with Crippen molar-refractivity contribution in [3.8, 4) is 23.0 Å².